The topological polar surface area (TPSA) is 460 Å². The summed E-state index contributed by atoms with van der Waals surface area (Å²) in [7, 11) is 5.62. The Morgan fingerprint density at radius 1 is 0.473 bits per heavy atom. The van der Waals surface area contributed by atoms with Crippen molar-refractivity contribution in [2.75, 3.05) is 87.2 Å². The number of fused-ring (bicyclic) bond motifs is 6. The van der Waals surface area contributed by atoms with E-state index >= 15 is 8.78 Å². The van der Waals surface area contributed by atoms with Gasteiger partial charge in [0.15, 0.2) is 28.7 Å². The van der Waals surface area contributed by atoms with Gasteiger partial charge in [-0.05, 0) is 122 Å². The summed E-state index contributed by atoms with van der Waals surface area (Å²) in [5, 5.41) is 95.8. The molecular formula is C76H74F2N6O28. The summed E-state index contributed by atoms with van der Waals surface area (Å²) in [5.74, 6) is -14.3. The van der Waals surface area contributed by atoms with Gasteiger partial charge >= 0.3 is 47.8 Å². The lowest BCUT2D eigenvalue weighted by Crippen LogP contribution is -2.41. The Morgan fingerprint density at radius 3 is 1.27 bits per heavy atom. The number of aromatic carboxylic acids is 1. The number of rotatable bonds is 35. The van der Waals surface area contributed by atoms with E-state index in [-0.39, 0.29) is 109 Å². The molecule has 112 heavy (non-hydrogen) atoms. The van der Waals surface area contributed by atoms with Gasteiger partial charge in [-0.1, -0.05) is 19.9 Å². The summed E-state index contributed by atoms with van der Waals surface area (Å²) < 4.78 is 90.2. The van der Waals surface area contributed by atoms with Gasteiger partial charge in [0.2, 0.25) is 0 Å². The Bertz CT molecular complexity index is 4950. The van der Waals surface area contributed by atoms with Crippen molar-refractivity contribution in [2.45, 2.75) is 101 Å². The zero-order chi connectivity index (χ0) is 81.1. The summed E-state index contributed by atoms with van der Waals surface area (Å²) in [6.45, 7) is -3.18. The van der Waals surface area contributed by atoms with Crippen LogP contribution in [0, 0.1) is 31.9 Å². The molecule has 36 heteroatoms. The number of ether oxygens (including phenoxy) is 9. The second kappa shape index (κ2) is 32.4. The average Bonchev–Trinajstić information content (AvgIpc) is 1.38. The molecule has 7 N–H and O–H groups in total. The number of nitro benzene ring substituents is 2. The molecule has 1 unspecified atom stereocenters. The molecule has 1 aliphatic heterocycles. The fourth-order valence-corrected chi connectivity index (χ4v) is 14.5. The highest BCUT2D eigenvalue weighted by Gasteiger charge is 2.57. The highest BCUT2D eigenvalue weighted by atomic mass is 19.1. The zero-order valence-electron chi connectivity index (χ0n) is 60.7. The molecule has 1 heterocycles. The van der Waals surface area contributed by atoms with Crippen LogP contribution in [0.1, 0.15) is 112 Å². The van der Waals surface area contributed by atoms with E-state index in [1.54, 1.807) is 26.0 Å². The van der Waals surface area contributed by atoms with E-state index in [0.29, 0.717) is 37.1 Å². The number of aliphatic carboxylic acids is 6. The predicted octanol–water partition coefficient (Wildman–Crippen LogP) is 9.51. The van der Waals surface area contributed by atoms with E-state index in [9.17, 15) is 94.3 Å². The number of carboxylic acid groups (broad SMARTS) is 7. The van der Waals surface area contributed by atoms with Gasteiger partial charge in [-0.25, -0.2) is 18.4 Å². The lowest BCUT2D eigenvalue weighted by molar-refractivity contribution is -0.386. The quantitative estimate of drug-likeness (QED) is 0.0110. The van der Waals surface area contributed by atoms with Gasteiger partial charge in [-0.15, -0.1) is 0 Å². The van der Waals surface area contributed by atoms with Gasteiger partial charge in [0.25, 0.3) is 11.4 Å². The third-order valence-electron chi connectivity index (χ3n) is 19.6. The van der Waals surface area contributed by atoms with Crippen LogP contribution in [0.5, 0.6) is 46.0 Å². The van der Waals surface area contributed by atoms with Crippen molar-refractivity contribution in [2.24, 2.45) is 0 Å². The molecule has 2 saturated carbocycles. The molecule has 7 aromatic rings. The number of benzene rings is 7. The standard InChI is InChI=1S/C76H74F2N6O28/c1-75(2)45-26-61(106-36-39-20-55(80(4)31-68(87)88)65(28-53(39)83(100)101)110-59-11-8-10-58(59)109-64-23-42(105-6)15-18-52(64)81(32-69(89)90)33-70(91)92)49(77)24-47(45)76(44-16-13-38(73(97)98)19-43(44)74(99)112-76)48-25-50(78)62(27-46(48)75)107-37-40-21-56(82(34-71(93)94)35-72(95)96)66(29-54(40)84(102)103)111-60-12-7-9-57(60)108-63-22-41(104-5)14-17-51(63)79(3)30-67(85)86/h13-29,57-60H,7-12,30-37H2,1-6H3,(H,85,86)(H,87,88)(H,89,90)(H,91,92)(H,93,94)(H,95,96)(H,97,98)/t57-,58-,59+,60+,76?/m1/s1. The molecule has 0 bridgehead atoms. The monoisotopic (exact) mass is 1560 g/mol. The number of anilines is 4. The van der Waals surface area contributed by atoms with Crippen LogP contribution in [0.4, 0.5) is 42.9 Å². The molecule has 0 amide bonds. The minimum Gasteiger partial charge on any atom is -0.497 e. The van der Waals surface area contributed by atoms with Crippen molar-refractivity contribution in [1.29, 1.82) is 0 Å². The molecule has 4 aliphatic rings. The van der Waals surface area contributed by atoms with Crippen LogP contribution in [0.3, 0.4) is 0 Å². The first-order valence-corrected chi connectivity index (χ1v) is 34.5. The first-order chi connectivity index (χ1) is 53.1. The van der Waals surface area contributed by atoms with Gasteiger partial charge in [0, 0.05) is 48.3 Å². The number of carbonyl (C=O) groups is 8. The van der Waals surface area contributed by atoms with Crippen molar-refractivity contribution < 1.29 is 135 Å². The molecule has 1 spiro atoms. The van der Waals surface area contributed by atoms with Crippen LogP contribution in [0.15, 0.2) is 103 Å². The average molecular weight is 1560 g/mol. The van der Waals surface area contributed by atoms with Crippen LogP contribution >= 0.6 is 0 Å². The molecule has 0 aromatic heterocycles. The number of nitrogens with zero attached hydrogens (tertiary/aromatic N) is 6. The van der Waals surface area contributed by atoms with Crippen molar-refractivity contribution in [3.8, 4) is 46.0 Å². The number of carboxylic acids is 7. The van der Waals surface area contributed by atoms with Crippen LogP contribution < -0.4 is 57.5 Å². The minimum atomic E-state index is -2.32. The number of hydrogen-bond acceptors (Lipinski definition) is 25. The Kier molecular flexibility index (Phi) is 23.0. The Hall–Kier alpha value is -13.4. The number of likely N-dealkylation sites (N-methyl/N-ethyl adjacent to an activating group) is 2. The summed E-state index contributed by atoms with van der Waals surface area (Å²) in [6, 6.07) is 20.7. The van der Waals surface area contributed by atoms with Crippen molar-refractivity contribution >= 4 is 81.9 Å². The Balaban J connectivity index is 0.952. The molecule has 590 valence electrons. The van der Waals surface area contributed by atoms with Crippen molar-refractivity contribution in [1.82, 2.24) is 0 Å². The summed E-state index contributed by atoms with van der Waals surface area (Å²) in [5.41, 5.74) is -6.72. The largest absolute Gasteiger partial charge is 0.497 e. The molecule has 34 nitrogen and oxygen atoms in total. The maximum atomic E-state index is 17.5. The van der Waals surface area contributed by atoms with E-state index in [0.717, 1.165) is 52.3 Å². The van der Waals surface area contributed by atoms with Crippen LogP contribution in [0.25, 0.3) is 0 Å². The Morgan fingerprint density at radius 2 is 0.857 bits per heavy atom. The highest BCUT2D eigenvalue weighted by Crippen LogP contribution is 2.59. The first kappa shape index (κ1) is 79.6. The van der Waals surface area contributed by atoms with Gasteiger partial charge in [-0.3, -0.25) is 49.0 Å². The normalized spacial score (nSPS) is 17.5. The molecular weight excluding hydrogens is 1480 g/mol. The van der Waals surface area contributed by atoms with E-state index in [4.69, 9.17) is 42.6 Å². The molecule has 2 fully saturated rings. The molecule has 3 aliphatic carbocycles. The van der Waals surface area contributed by atoms with Gasteiger partial charge < -0.3 is 98.0 Å². The SMILES string of the molecule is COc1ccc(N(C)CC(=O)O)c(O[C@@H]2CCC[C@@H]2Oc2cc([N+](=O)[O-])c(COc3cc4c(cc3F)C3(OC(=O)c5cc(C(=O)O)ccc53)c3cc(F)c(OCc5cc(N(C)CC(=O)O)c(O[C@H]6CCC[C@H]6Oc6cc(OC)ccc6N(CC(=O)O)CC(=O)O)cc5[N+](=O)[O-])cc3C4(C)C)cc2N(CC(=O)O)CC(=O)O)c1. The highest BCUT2D eigenvalue weighted by molar-refractivity contribution is 6.00. The second-order valence-corrected chi connectivity index (χ2v) is 27.3. The predicted molar refractivity (Wildman–Crippen MR) is 387 cm³/mol. The molecule has 0 saturated heterocycles. The number of esters is 1. The van der Waals surface area contributed by atoms with E-state index in [1.165, 1.54) is 86.6 Å². The second-order valence-electron chi connectivity index (χ2n) is 27.3. The number of carbonyl (C=O) groups excluding carboxylic acids is 1. The maximum Gasteiger partial charge on any atom is 0.340 e. The minimum absolute atomic E-state index is 0.00636. The number of nitro groups is 2. The summed E-state index contributed by atoms with van der Waals surface area (Å²) >= 11 is 0. The van der Waals surface area contributed by atoms with E-state index in [2.05, 4.69) is 0 Å². The molecule has 7 aromatic carbocycles. The molecule has 5 atom stereocenters. The van der Waals surface area contributed by atoms with Crippen molar-refractivity contribution in [3.05, 3.63) is 185 Å². The number of halogens is 2. The lowest BCUT2D eigenvalue weighted by atomic mass is 9.61. The van der Waals surface area contributed by atoms with Crippen LogP contribution in [0.2, 0.25) is 0 Å². The summed E-state index contributed by atoms with van der Waals surface area (Å²) in [4.78, 5) is 129. The molecule has 0 radical (unpaired) electrons. The van der Waals surface area contributed by atoms with Crippen LogP contribution in [-0.4, -0.2) is 185 Å². The van der Waals surface area contributed by atoms with Gasteiger partial charge in [0.05, 0.1) is 81.2 Å². The van der Waals surface area contributed by atoms with E-state index < -0.39 is 180 Å². The number of methoxy groups -OCH3 is 2. The van der Waals surface area contributed by atoms with Crippen LogP contribution in [-0.2, 0) is 57.7 Å². The third kappa shape index (κ3) is 16.6. The number of hydrogen-bond donors (Lipinski definition) is 7. The third-order valence-corrected chi connectivity index (χ3v) is 19.6. The zero-order valence-corrected chi connectivity index (χ0v) is 60.7. The maximum absolute atomic E-state index is 17.5. The van der Waals surface area contributed by atoms with Gasteiger partial charge in [-0.2, -0.15) is 0 Å². The molecule has 11 rings (SSSR count). The lowest BCUT2D eigenvalue weighted by Gasteiger charge is -2.44. The summed E-state index contributed by atoms with van der Waals surface area (Å²) in [6.07, 6.45) is -1.63. The van der Waals surface area contributed by atoms with Crippen molar-refractivity contribution in [3.63, 3.8) is 0 Å². The van der Waals surface area contributed by atoms with Gasteiger partial charge in [0.1, 0.15) is 111 Å². The van der Waals surface area contributed by atoms with E-state index in [1.807, 2.05) is 0 Å². The fraction of sp³-hybridized carbons (Fsp3) is 0.342. The fourth-order valence-electron chi connectivity index (χ4n) is 14.5. The Labute approximate surface area is 634 Å². The smallest absolute Gasteiger partial charge is 0.340 e. The first-order valence-electron chi connectivity index (χ1n) is 34.5.